The van der Waals surface area contributed by atoms with Crippen LogP contribution in [-0.2, 0) is 9.53 Å². The van der Waals surface area contributed by atoms with E-state index in [1.807, 2.05) is 0 Å². The van der Waals surface area contributed by atoms with Crippen molar-refractivity contribution in [3.63, 3.8) is 0 Å². The van der Waals surface area contributed by atoms with E-state index in [9.17, 15) is 15.0 Å². The number of nitrogens with zero attached hydrogens (tertiary/aromatic N) is 4. The fraction of sp³-hybridized carbons (Fsp3) is 0.600. The maximum absolute atomic E-state index is 12.3. The first kappa shape index (κ1) is 15.3. The van der Waals surface area contributed by atoms with Crippen molar-refractivity contribution in [2.24, 2.45) is 11.3 Å². The van der Waals surface area contributed by atoms with E-state index in [1.165, 1.54) is 6.33 Å². The fourth-order valence-electron chi connectivity index (χ4n) is 4.05. The molecular weight excluding hydrogens is 314 g/mol. The summed E-state index contributed by atoms with van der Waals surface area (Å²) in [6.07, 6.45) is -0.296. The number of carbonyl (C=O) groups is 1. The Morgan fingerprint density at radius 1 is 1.50 bits per heavy atom. The van der Waals surface area contributed by atoms with Crippen LogP contribution in [0.3, 0.4) is 0 Å². The summed E-state index contributed by atoms with van der Waals surface area (Å²) in [7, 11) is 0. The van der Waals surface area contributed by atoms with Crippen LogP contribution in [0.15, 0.2) is 6.33 Å². The molecule has 2 saturated carbocycles. The Bertz CT molecular complexity index is 837. The predicted molar refractivity (Wildman–Crippen MR) is 82.7 cm³/mol. The molecule has 24 heavy (non-hydrogen) atoms. The lowest BCUT2D eigenvalue weighted by Gasteiger charge is -2.23. The summed E-state index contributed by atoms with van der Waals surface area (Å²) in [4.78, 5) is 24.9. The van der Waals surface area contributed by atoms with Crippen LogP contribution in [0, 0.1) is 18.3 Å². The van der Waals surface area contributed by atoms with Crippen LogP contribution in [0.5, 0.6) is 0 Å². The molecule has 0 amide bonds. The summed E-state index contributed by atoms with van der Waals surface area (Å²) in [5.41, 5.74) is 5.77. The van der Waals surface area contributed by atoms with Gasteiger partial charge in [0.2, 0.25) is 0 Å². The minimum atomic E-state index is -1.18. The van der Waals surface area contributed by atoms with Crippen molar-refractivity contribution in [3.8, 4) is 0 Å². The molecule has 0 bridgehead atoms. The molecule has 4 N–H and O–H groups in total. The topological polar surface area (TPSA) is 136 Å². The van der Waals surface area contributed by atoms with Crippen LogP contribution in [0.2, 0.25) is 0 Å². The van der Waals surface area contributed by atoms with Gasteiger partial charge in [-0.25, -0.2) is 15.0 Å². The second kappa shape index (κ2) is 4.87. The molecule has 1 unspecified atom stereocenters. The maximum atomic E-state index is 12.3. The molecule has 0 spiro atoms. The smallest absolute Gasteiger partial charge is 0.315 e. The normalized spacial score (nSPS) is 34.3. The Kier molecular flexibility index (Phi) is 3.10. The highest BCUT2D eigenvalue weighted by molar-refractivity contribution is 5.84. The number of aromatic nitrogens is 4. The van der Waals surface area contributed by atoms with E-state index in [-0.39, 0.29) is 18.3 Å². The number of hydrogen-bond donors (Lipinski definition) is 3. The number of fused-ring (bicyclic) bond motifs is 2. The average Bonchev–Trinajstić information content (AvgIpc) is 3.07. The first-order valence-electron chi connectivity index (χ1n) is 7.91. The van der Waals surface area contributed by atoms with Crippen molar-refractivity contribution < 1.29 is 19.7 Å². The minimum Gasteiger partial charge on any atom is -0.465 e. The lowest BCUT2D eigenvalue weighted by molar-refractivity contribution is -0.156. The van der Waals surface area contributed by atoms with Gasteiger partial charge >= 0.3 is 5.97 Å². The highest BCUT2D eigenvalue weighted by Gasteiger charge is 2.76. The summed E-state index contributed by atoms with van der Waals surface area (Å²) in [5.74, 6) is 0.0632. The third kappa shape index (κ3) is 1.76. The number of nitrogen functional groups attached to an aromatic ring is 1. The van der Waals surface area contributed by atoms with Gasteiger partial charge in [0.25, 0.3) is 0 Å². The fourth-order valence-corrected chi connectivity index (χ4v) is 4.05. The predicted octanol–water partition coefficient (Wildman–Crippen LogP) is -0.437. The van der Waals surface area contributed by atoms with Crippen molar-refractivity contribution in [1.29, 1.82) is 0 Å². The van der Waals surface area contributed by atoms with E-state index in [0.717, 1.165) is 0 Å². The molecule has 2 fully saturated rings. The number of ether oxygens (including phenoxy) is 1. The average molecular weight is 333 g/mol. The zero-order chi connectivity index (χ0) is 17.2. The number of carbonyl (C=O) groups excluding carboxylic acids is 1. The summed E-state index contributed by atoms with van der Waals surface area (Å²) < 4.78 is 6.79. The van der Waals surface area contributed by atoms with Crippen LogP contribution in [0.25, 0.3) is 11.2 Å². The van der Waals surface area contributed by atoms with E-state index in [4.69, 9.17) is 10.5 Å². The molecule has 9 heteroatoms. The van der Waals surface area contributed by atoms with Gasteiger partial charge in [-0.1, -0.05) is 0 Å². The summed E-state index contributed by atoms with van der Waals surface area (Å²) in [5, 5.41) is 21.0. The van der Waals surface area contributed by atoms with Gasteiger partial charge in [0.15, 0.2) is 11.5 Å². The third-order valence-electron chi connectivity index (χ3n) is 5.21. The Hall–Kier alpha value is -2.26. The van der Waals surface area contributed by atoms with Crippen molar-refractivity contribution >= 4 is 23.0 Å². The second-order valence-electron chi connectivity index (χ2n) is 6.48. The molecule has 0 aliphatic heterocycles. The first-order chi connectivity index (χ1) is 11.4. The molecule has 0 saturated heterocycles. The second-order valence-corrected chi connectivity index (χ2v) is 6.48. The van der Waals surface area contributed by atoms with Gasteiger partial charge < -0.3 is 25.3 Å². The number of rotatable bonds is 3. The molecule has 2 aromatic rings. The minimum absolute atomic E-state index is 0.226. The molecule has 2 aromatic heterocycles. The number of aliphatic hydroxyl groups is 2. The molecule has 2 aliphatic rings. The van der Waals surface area contributed by atoms with E-state index >= 15 is 0 Å². The number of imidazole rings is 1. The number of nitrogens with two attached hydrogens (primary N) is 1. The molecule has 9 nitrogen and oxygen atoms in total. The van der Waals surface area contributed by atoms with Crippen LogP contribution in [0.4, 0.5) is 5.82 Å². The molecule has 2 heterocycles. The monoisotopic (exact) mass is 333 g/mol. The molecule has 5 atom stereocenters. The lowest BCUT2D eigenvalue weighted by atomic mass is 9.99. The summed E-state index contributed by atoms with van der Waals surface area (Å²) in [6, 6.07) is -0.511. The van der Waals surface area contributed by atoms with E-state index in [1.54, 1.807) is 18.4 Å². The lowest BCUT2D eigenvalue weighted by Crippen LogP contribution is -2.38. The Labute approximate surface area is 137 Å². The highest BCUT2D eigenvalue weighted by atomic mass is 16.5. The molecule has 2 aliphatic carbocycles. The Morgan fingerprint density at radius 2 is 2.25 bits per heavy atom. The number of anilines is 1. The standard InChI is InChI=1S/C15H19N5O4/c1-3-24-14(23)15-4-7(15)9(10(21)11(15)22)20-5-17-8-12(16)18-6(2)19-13(8)20/h5,7,9-11,21-22H,3-4H2,1-2H3,(H2,16,18,19)/t7-,9-,10-,11?,15+/m1/s1. The van der Waals surface area contributed by atoms with Crippen molar-refractivity contribution in [2.45, 2.75) is 38.5 Å². The molecule has 0 radical (unpaired) electrons. The number of aliphatic hydroxyl groups excluding tert-OH is 2. The van der Waals surface area contributed by atoms with Crippen LogP contribution < -0.4 is 5.73 Å². The van der Waals surface area contributed by atoms with Gasteiger partial charge in [0.1, 0.15) is 22.9 Å². The maximum Gasteiger partial charge on any atom is 0.315 e. The van der Waals surface area contributed by atoms with Crippen LogP contribution >= 0.6 is 0 Å². The van der Waals surface area contributed by atoms with E-state index in [2.05, 4.69) is 15.0 Å². The van der Waals surface area contributed by atoms with Crippen molar-refractivity contribution in [1.82, 2.24) is 19.5 Å². The van der Waals surface area contributed by atoms with Gasteiger partial charge in [-0.2, -0.15) is 0 Å². The van der Waals surface area contributed by atoms with E-state index < -0.39 is 29.6 Å². The van der Waals surface area contributed by atoms with Gasteiger partial charge in [-0.05, 0) is 20.3 Å². The SMILES string of the molecule is CCOC(=O)[C@@]12C[C@@H]1[C@@H](n1cnc3c(N)nc(C)nc31)[C@@H](O)C2O. The highest BCUT2D eigenvalue weighted by Crippen LogP contribution is 2.68. The zero-order valence-electron chi connectivity index (χ0n) is 13.4. The van der Waals surface area contributed by atoms with Crippen molar-refractivity contribution in [2.75, 3.05) is 12.3 Å². The largest absolute Gasteiger partial charge is 0.465 e. The zero-order valence-corrected chi connectivity index (χ0v) is 13.4. The van der Waals surface area contributed by atoms with Gasteiger partial charge in [0.05, 0.1) is 25.1 Å². The summed E-state index contributed by atoms with van der Waals surface area (Å²) >= 11 is 0. The summed E-state index contributed by atoms with van der Waals surface area (Å²) in [6.45, 7) is 3.66. The Balaban J connectivity index is 1.78. The quantitative estimate of drug-likeness (QED) is 0.643. The van der Waals surface area contributed by atoms with Gasteiger partial charge in [0, 0.05) is 5.92 Å². The molecule has 0 aromatic carbocycles. The Morgan fingerprint density at radius 3 is 2.96 bits per heavy atom. The number of hydrogen-bond acceptors (Lipinski definition) is 8. The van der Waals surface area contributed by atoms with Gasteiger partial charge in [-0.3, -0.25) is 4.79 Å². The van der Waals surface area contributed by atoms with E-state index in [0.29, 0.717) is 23.4 Å². The van der Waals surface area contributed by atoms with Crippen molar-refractivity contribution in [3.05, 3.63) is 12.2 Å². The molecule has 4 rings (SSSR count). The number of aryl methyl sites for hydroxylation is 1. The van der Waals surface area contributed by atoms with Gasteiger partial charge in [-0.15, -0.1) is 0 Å². The first-order valence-corrected chi connectivity index (χ1v) is 7.91. The molecular formula is C15H19N5O4. The number of esters is 1. The van der Waals surface area contributed by atoms with Crippen LogP contribution in [0.1, 0.15) is 25.2 Å². The van der Waals surface area contributed by atoms with Crippen LogP contribution in [-0.4, -0.2) is 54.5 Å². The third-order valence-corrected chi connectivity index (χ3v) is 5.21. The molecule has 128 valence electrons.